The summed E-state index contributed by atoms with van der Waals surface area (Å²) in [5.74, 6) is -0.165. The van der Waals surface area contributed by atoms with Crippen molar-refractivity contribution in [3.63, 3.8) is 0 Å². The molecule has 0 aliphatic carbocycles. The van der Waals surface area contributed by atoms with E-state index >= 15 is 0 Å². The Morgan fingerprint density at radius 3 is 2.42 bits per heavy atom. The van der Waals surface area contributed by atoms with Crippen molar-refractivity contribution in [3.8, 4) is 5.69 Å². The van der Waals surface area contributed by atoms with Crippen molar-refractivity contribution in [2.75, 3.05) is 0 Å². The van der Waals surface area contributed by atoms with Gasteiger partial charge in [0.2, 0.25) is 10.0 Å². The van der Waals surface area contributed by atoms with Crippen LogP contribution in [-0.2, 0) is 16.6 Å². The van der Waals surface area contributed by atoms with Crippen LogP contribution in [0.1, 0.15) is 11.4 Å². The summed E-state index contributed by atoms with van der Waals surface area (Å²) >= 11 is 0. The third kappa shape index (κ3) is 3.47. The fraction of sp³-hybridized carbons (Fsp3) is 0.133. The molecule has 7 nitrogen and oxygen atoms in total. The first-order valence-corrected chi connectivity index (χ1v) is 8.53. The van der Waals surface area contributed by atoms with Gasteiger partial charge < -0.3 is 0 Å². The molecule has 0 unspecified atom stereocenters. The van der Waals surface area contributed by atoms with E-state index < -0.39 is 15.8 Å². The maximum atomic E-state index is 12.9. The Hall–Kier alpha value is -2.65. The quantitative estimate of drug-likeness (QED) is 0.757. The van der Waals surface area contributed by atoms with Crippen LogP contribution in [0.3, 0.4) is 0 Å². The second kappa shape index (κ2) is 6.46. The zero-order valence-electron chi connectivity index (χ0n) is 12.7. The largest absolute Gasteiger partial charge is 0.240 e. The minimum Gasteiger partial charge on any atom is -0.207 e. The lowest BCUT2D eigenvalue weighted by atomic mass is 10.2. The van der Waals surface area contributed by atoms with Gasteiger partial charge in [-0.05, 0) is 53.7 Å². The van der Waals surface area contributed by atoms with E-state index in [1.54, 1.807) is 0 Å². The lowest BCUT2D eigenvalue weighted by Gasteiger charge is -2.07. The maximum Gasteiger partial charge on any atom is 0.240 e. The summed E-state index contributed by atoms with van der Waals surface area (Å²) in [6.45, 7) is 1.86. The van der Waals surface area contributed by atoms with Crippen LogP contribution >= 0.6 is 0 Å². The highest BCUT2D eigenvalue weighted by atomic mass is 32.2. The zero-order valence-corrected chi connectivity index (χ0v) is 13.5. The molecular weight excluding hydrogens is 333 g/mol. The van der Waals surface area contributed by atoms with Crippen molar-refractivity contribution in [2.45, 2.75) is 18.4 Å². The smallest absolute Gasteiger partial charge is 0.207 e. The van der Waals surface area contributed by atoms with Crippen LogP contribution in [0.15, 0.2) is 53.4 Å². The minimum atomic E-state index is -3.78. The molecule has 1 N–H and O–H groups in total. The molecule has 0 saturated heterocycles. The maximum absolute atomic E-state index is 12.9. The molecule has 0 amide bonds. The second-order valence-corrected chi connectivity index (χ2v) is 6.89. The number of aryl methyl sites for hydroxylation is 1. The molecule has 1 aromatic heterocycles. The Labute approximate surface area is 138 Å². The highest BCUT2D eigenvalue weighted by Crippen LogP contribution is 2.12. The minimum absolute atomic E-state index is 0.0294. The molecule has 0 aliphatic rings. The Balaban J connectivity index is 1.79. The van der Waals surface area contributed by atoms with E-state index in [9.17, 15) is 12.8 Å². The molecule has 0 atom stereocenters. The van der Waals surface area contributed by atoms with Crippen LogP contribution in [0.25, 0.3) is 5.69 Å². The van der Waals surface area contributed by atoms with Crippen molar-refractivity contribution in [1.29, 1.82) is 0 Å². The molecule has 0 spiro atoms. The van der Waals surface area contributed by atoms with Gasteiger partial charge in [-0.1, -0.05) is 17.7 Å². The molecule has 0 radical (unpaired) electrons. The van der Waals surface area contributed by atoms with E-state index in [4.69, 9.17) is 0 Å². The van der Waals surface area contributed by atoms with Gasteiger partial charge in [-0.3, -0.25) is 0 Å². The first kappa shape index (κ1) is 16.2. The van der Waals surface area contributed by atoms with Crippen LogP contribution in [-0.4, -0.2) is 28.6 Å². The number of rotatable bonds is 5. The van der Waals surface area contributed by atoms with Gasteiger partial charge in [0.15, 0.2) is 5.82 Å². The van der Waals surface area contributed by atoms with E-state index in [1.807, 2.05) is 31.2 Å². The van der Waals surface area contributed by atoms with Crippen molar-refractivity contribution in [2.24, 2.45) is 0 Å². The molecule has 24 heavy (non-hydrogen) atoms. The van der Waals surface area contributed by atoms with Crippen LogP contribution in [0.4, 0.5) is 4.39 Å². The molecule has 0 aliphatic heterocycles. The molecule has 3 rings (SSSR count). The second-order valence-electron chi connectivity index (χ2n) is 5.12. The van der Waals surface area contributed by atoms with Crippen LogP contribution in [0.5, 0.6) is 0 Å². The number of halogens is 1. The van der Waals surface area contributed by atoms with Crippen LogP contribution < -0.4 is 4.72 Å². The Morgan fingerprint density at radius 1 is 1.08 bits per heavy atom. The first-order chi connectivity index (χ1) is 11.5. The van der Waals surface area contributed by atoms with Gasteiger partial charge in [-0.2, -0.15) is 4.68 Å². The molecular formula is C15H14FN5O2S. The third-order valence-electron chi connectivity index (χ3n) is 3.36. The Kier molecular flexibility index (Phi) is 4.36. The third-order valence-corrected chi connectivity index (χ3v) is 4.77. The van der Waals surface area contributed by atoms with Gasteiger partial charge in [0.05, 0.1) is 17.1 Å². The lowest BCUT2D eigenvalue weighted by Crippen LogP contribution is -2.25. The predicted octanol–water partition coefficient (Wildman–Crippen LogP) is 1.59. The van der Waals surface area contributed by atoms with E-state index in [2.05, 4.69) is 20.2 Å². The number of nitrogens with one attached hydrogen (secondary N) is 1. The highest BCUT2D eigenvalue weighted by molar-refractivity contribution is 7.89. The van der Waals surface area contributed by atoms with Gasteiger partial charge in [-0.25, -0.2) is 17.5 Å². The normalized spacial score (nSPS) is 11.6. The summed E-state index contributed by atoms with van der Waals surface area (Å²) < 4.78 is 41.2. The molecule has 2 aromatic carbocycles. The molecule has 9 heteroatoms. The summed E-state index contributed by atoms with van der Waals surface area (Å²) in [4.78, 5) is -0.0294. The van der Waals surface area contributed by atoms with E-state index in [1.165, 1.54) is 16.8 Å². The van der Waals surface area contributed by atoms with Crippen LogP contribution in [0.2, 0.25) is 0 Å². The number of tetrazole rings is 1. The number of hydrogen-bond donors (Lipinski definition) is 1. The molecule has 0 fully saturated rings. The first-order valence-electron chi connectivity index (χ1n) is 7.05. The average molecular weight is 347 g/mol. The summed E-state index contributed by atoms with van der Waals surface area (Å²) in [5, 5.41) is 11.3. The average Bonchev–Trinajstić information content (AvgIpc) is 3.03. The topological polar surface area (TPSA) is 89.8 Å². The van der Waals surface area contributed by atoms with Gasteiger partial charge >= 0.3 is 0 Å². The highest BCUT2D eigenvalue weighted by Gasteiger charge is 2.16. The Morgan fingerprint density at radius 2 is 1.75 bits per heavy atom. The zero-order chi connectivity index (χ0) is 17.2. The van der Waals surface area contributed by atoms with Crippen molar-refractivity contribution < 1.29 is 12.8 Å². The monoisotopic (exact) mass is 347 g/mol. The molecule has 0 saturated carbocycles. The molecule has 1 heterocycles. The van der Waals surface area contributed by atoms with Crippen molar-refractivity contribution in [3.05, 3.63) is 65.7 Å². The predicted molar refractivity (Wildman–Crippen MR) is 84.3 cm³/mol. The molecule has 3 aromatic rings. The fourth-order valence-corrected chi connectivity index (χ4v) is 3.04. The molecule has 124 valence electrons. The number of nitrogens with zero attached hydrogens (tertiary/aromatic N) is 4. The molecule has 0 bridgehead atoms. The lowest BCUT2D eigenvalue weighted by molar-refractivity contribution is 0.577. The fourth-order valence-electron chi connectivity index (χ4n) is 2.06. The summed E-state index contributed by atoms with van der Waals surface area (Å²) in [5.41, 5.74) is 1.81. The van der Waals surface area contributed by atoms with Gasteiger partial charge in [-0.15, -0.1) is 5.10 Å². The van der Waals surface area contributed by atoms with Crippen molar-refractivity contribution in [1.82, 2.24) is 24.9 Å². The summed E-state index contributed by atoms with van der Waals surface area (Å²) in [7, 11) is -3.78. The van der Waals surface area contributed by atoms with E-state index in [0.717, 1.165) is 23.4 Å². The van der Waals surface area contributed by atoms with Gasteiger partial charge in [0.1, 0.15) is 5.82 Å². The van der Waals surface area contributed by atoms with Crippen LogP contribution in [0, 0.1) is 12.7 Å². The van der Waals surface area contributed by atoms with Gasteiger partial charge in [0, 0.05) is 0 Å². The number of benzene rings is 2. The van der Waals surface area contributed by atoms with E-state index in [0.29, 0.717) is 5.82 Å². The number of hydrogen-bond acceptors (Lipinski definition) is 5. The number of sulfonamides is 1. The SMILES string of the molecule is Cc1ccc(-n2nnnc2CNS(=O)(=O)c2ccc(F)cc2)cc1. The summed E-state index contributed by atoms with van der Waals surface area (Å²) in [6, 6.07) is 12.1. The van der Waals surface area contributed by atoms with E-state index in [-0.39, 0.29) is 11.4 Å². The van der Waals surface area contributed by atoms with Crippen molar-refractivity contribution >= 4 is 10.0 Å². The number of aromatic nitrogens is 4. The standard InChI is InChI=1S/C15H14FN5O2S/c1-11-2-6-13(7-3-11)21-15(18-19-20-21)10-17-24(22,23)14-8-4-12(16)5-9-14/h2-9,17H,10H2,1H3. The summed E-state index contributed by atoms with van der Waals surface area (Å²) in [6.07, 6.45) is 0. The van der Waals surface area contributed by atoms with Gasteiger partial charge in [0.25, 0.3) is 0 Å². The Bertz CT molecular complexity index is 937.